The van der Waals surface area contributed by atoms with Crippen molar-refractivity contribution in [2.75, 3.05) is 32.0 Å². The Morgan fingerprint density at radius 2 is 2.00 bits per heavy atom. The monoisotopic (exact) mass is 337 g/mol. The highest BCUT2D eigenvalue weighted by Gasteiger charge is 2.16. The first kappa shape index (κ1) is 15.6. The van der Waals surface area contributed by atoms with E-state index >= 15 is 0 Å². The van der Waals surface area contributed by atoms with E-state index in [1.54, 1.807) is 17.2 Å². The van der Waals surface area contributed by atoms with Gasteiger partial charge in [-0.3, -0.25) is 4.79 Å². The summed E-state index contributed by atoms with van der Waals surface area (Å²) in [5.41, 5.74) is 8.40. The van der Waals surface area contributed by atoms with Gasteiger partial charge in [-0.15, -0.1) is 0 Å². The topological polar surface area (TPSA) is 86.3 Å². The highest BCUT2D eigenvalue weighted by molar-refractivity contribution is 6.07. The second-order valence-electron chi connectivity index (χ2n) is 5.99. The fraction of sp³-hybridized carbons (Fsp3) is 0.278. The highest BCUT2D eigenvalue weighted by Crippen LogP contribution is 2.28. The van der Waals surface area contributed by atoms with Crippen LogP contribution >= 0.6 is 0 Å². The van der Waals surface area contributed by atoms with Gasteiger partial charge in [-0.05, 0) is 13.0 Å². The number of pyridine rings is 1. The Kier molecular flexibility index (Phi) is 3.85. The van der Waals surface area contributed by atoms with E-state index in [0.717, 1.165) is 22.2 Å². The van der Waals surface area contributed by atoms with E-state index in [-0.39, 0.29) is 5.91 Å². The number of hydrogen-bond donors (Lipinski definition) is 1. The maximum atomic E-state index is 12.4. The summed E-state index contributed by atoms with van der Waals surface area (Å²) in [5.74, 6) is 1.12. The van der Waals surface area contributed by atoms with Crippen molar-refractivity contribution in [1.29, 1.82) is 0 Å². The SMILES string of the molecule is Cc1nc2c(N)nc3ccccc3c2n1/C=C/C(=O)N1CCOCC1. The molecule has 3 aromatic rings. The van der Waals surface area contributed by atoms with Crippen molar-refractivity contribution in [3.05, 3.63) is 36.2 Å². The second-order valence-corrected chi connectivity index (χ2v) is 5.99. The van der Waals surface area contributed by atoms with Crippen LogP contribution in [0.3, 0.4) is 0 Å². The molecule has 0 unspecified atom stereocenters. The third kappa shape index (κ3) is 2.72. The van der Waals surface area contributed by atoms with Crippen LogP contribution in [0.5, 0.6) is 0 Å². The number of morpholine rings is 1. The van der Waals surface area contributed by atoms with Gasteiger partial charge in [-0.2, -0.15) is 0 Å². The van der Waals surface area contributed by atoms with Crippen LogP contribution in [0.15, 0.2) is 30.3 Å². The Bertz CT molecular complexity index is 986. The number of fused-ring (bicyclic) bond motifs is 3. The molecule has 0 bridgehead atoms. The number of para-hydroxylation sites is 1. The molecule has 1 aliphatic rings. The molecule has 128 valence electrons. The summed E-state index contributed by atoms with van der Waals surface area (Å²) in [6.07, 6.45) is 3.33. The molecule has 1 amide bonds. The predicted octanol–water partition coefficient (Wildman–Crippen LogP) is 1.80. The molecule has 3 heterocycles. The molecule has 0 radical (unpaired) electrons. The van der Waals surface area contributed by atoms with Gasteiger partial charge in [0.15, 0.2) is 5.82 Å². The lowest BCUT2D eigenvalue weighted by molar-refractivity contribution is -0.129. The van der Waals surface area contributed by atoms with E-state index in [9.17, 15) is 4.79 Å². The largest absolute Gasteiger partial charge is 0.382 e. The molecule has 0 aliphatic carbocycles. The lowest BCUT2D eigenvalue weighted by Gasteiger charge is -2.25. The average Bonchev–Trinajstić information content (AvgIpc) is 2.98. The van der Waals surface area contributed by atoms with Crippen LogP contribution in [0.4, 0.5) is 5.82 Å². The van der Waals surface area contributed by atoms with Crippen molar-refractivity contribution in [1.82, 2.24) is 19.4 Å². The van der Waals surface area contributed by atoms with Crippen molar-refractivity contribution < 1.29 is 9.53 Å². The number of nitrogens with two attached hydrogens (primary N) is 1. The molecule has 7 heteroatoms. The van der Waals surface area contributed by atoms with Crippen LogP contribution in [-0.2, 0) is 9.53 Å². The minimum atomic E-state index is -0.0316. The molecule has 1 aliphatic heterocycles. The number of aryl methyl sites for hydroxylation is 1. The standard InChI is InChI=1S/C18H19N5O2/c1-12-20-16-17(13-4-2-3-5-14(13)21-18(16)19)23(12)7-6-15(24)22-8-10-25-11-9-22/h2-7H,8-11H2,1H3,(H2,19,21)/b7-6+. The van der Waals surface area contributed by atoms with Crippen LogP contribution < -0.4 is 5.73 Å². The minimum absolute atomic E-state index is 0.0316. The summed E-state index contributed by atoms with van der Waals surface area (Å²) >= 11 is 0. The zero-order valence-corrected chi connectivity index (χ0v) is 14.0. The van der Waals surface area contributed by atoms with E-state index in [1.807, 2.05) is 35.8 Å². The number of carbonyl (C=O) groups excluding carboxylic acids is 1. The van der Waals surface area contributed by atoms with Crippen LogP contribution in [-0.4, -0.2) is 51.6 Å². The van der Waals surface area contributed by atoms with E-state index in [0.29, 0.717) is 37.6 Å². The fourth-order valence-electron chi connectivity index (χ4n) is 3.14. The first-order chi connectivity index (χ1) is 12.1. The molecule has 7 nitrogen and oxygen atoms in total. The van der Waals surface area contributed by atoms with E-state index in [1.165, 1.54) is 0 Å². The third-order valence-corrected chi connectivity index (χ3v) is 4.42. The Balaban J connectivity index is 1.80. The third-order valence-electron chi connectivity index (χ3n) is 4.42. The van der Waals surface area contributed by atoms with Gasteiger partial charge in [0.05, 0.1) is 24.2 Å². The summed E-state index contributed by atoms with van der Waals surface area (Å²) in [6, 6.07) is 7.78. The Morgan fingerprint density at radius 1 is 1.24 bits per heavy atom. The van der Waals surface area contributed by atoms with Gasteiger partial charge < -0.3 is 19.9 Å². The molecule has 0 spiro atoms. The second kappa shape index (κ2) is 6.18. The van der Waals surface area contributed by atoms with Crippen molar-refractivity contribution in [3.63, 3.8) is 0 Å². The van der Waals surface area contributed by atoms with E-state index in [4.69, 9.17) is 10.5 Å². The molecule has 1 fully saturated rings. The number of imidazole rings is 1. The van der Waals surface area contributed by atoms with E-state index < -0.39 is 0 Å². The van der Waals surface area contributed by atoms with Gasteiger partial charge >= 0.3 is 0 Å². The van der Waals surface area contributed by atoms with Crippen LogP contribution in [0.25, 0.3) is 28.1 Å². The van der Waals surface area contributed by atoms with Gasteiger partial charge in [0.1, 0.15) is 11.3 Å². The van der Waals surface area contributed by atoms with Gasteiger partial charge in [0.2, 0.25) is 5.91 Å². The van der Waals surface area contributed by atoms with Crippen LogP contribution in [0.2, 0.25) is 0 Å². The molecule has 0 atom stereocenters. The molecule has 2 N–H and O–H groups in total. The molecule has 2 aromatic heterocycles. The number of nitrogens with zero attached hydrogens (tertiary/aromatic N) is 4. The predicted molar refractivity (Wildman–Crippen MR) is 96.9 cm³/mol. The van der Waals surface area contributed by atoms with Gasteiger partial charge in [0.25, 0.3) is 0 Å². The number of carbonyl (C=O) groups is 1. The first-order valence-electron chi connectivity index (χ1n) is 8.23. The molecule has 25 heavy (non-hydrogen) atoms. The molecular formula is C18H19N5O2. The zero-order chi connectivity index (χ0) is 17.4. The summed E-state index contributed by atoms with van der Waals surface area (Å²) in [6.45, 7) is 4.29. The van der Waals surface area contributed by atoms with Crippen molar-refractivity contribution in [2.24, 2.45) is 0 Å². The number of anilines is 1. The summed E-state index contributed by atoms with van der Waals surface area (Å²) in [4.78, 5) is 23.1. The first-order valence-corrected chi connectivity index (χ1v) is 8.23. The van der Waals surface area contributed by atoms with Crippen molar-refractivity contribution >= 4 is 39.9 Å². The number of nitrogen functional groups attached to an aromatic ring is 1. The summed E-state index contributed by atoms with van der Waals surface area (Å²) in [7, 11) is 0. The highest BCUT2D eigenvalue weighted by atomic mass is 16.5. The van der Waals surface area contributed by atoms with Crippen LogP contribution in [0.1, 0.15) is 5.82 Å². The Labute approximate surface area is 144 Å². The number of benzene rings is 1. The number of amides is 1. The smallest absolute Gasteiger partial charge is 0.248 e. The molecule has 1 aromatic carbocycles. The maximum Gasteiger partial charge on any atom is 0.248 e. The minimum Gasteiger partial charge on any atom is -0.382 e. The quantitative estimate of drug-likeness (QED) is 0.721. The molecule has 1 saturated heterocycles. The normalized spacial score (nSPS) is 15.5. The van der Waals surface area contributed by atoms with Gasteiger partial charge in [-0.25, -0.2) is 9.97 Å². The van der Waals surface area contributed by atoms with E-state index in [2.05, 4.69) is 9.97 Å². The number of rotatable bonds is 2. The van der Waals surface area contributed by atoms with Crippen molar-refractivity contribution in [3.8, 4) is 0 Å². The van der Waals surface area contributed by atoms with Gasteiger partial charge in [-0.1, -0.05) is 18.2 Å². The fourth-order valence-corrected chi connectivity index (χ4v) is 3.14. The number of aromatic nitrogens is 3. The Morgan fingerprint density at radius 3 is 2.80 bits per heavy atom. The van der Waals surface area contributed by atoms with Crippen molar-refractivity contribution in [2.45, 2.75) is 6.92 Å². The maximum absolute atomic E-state index is 12.4. The average molecular weight is 337 g/mol. The lowest BCUT2D eigenvalue weighted by atomic mass is 10.2. The Hall–Kier alpha value is -2.93. The van der Waals surface area contributed by atoms with Gasteiger partial charge in [0, 0.05) is 30.8 Å². The lowest BCUT2D eigenvalue weighted by Crippen LogP contribution is -2.39. The number of hydrogen-bond acceptors (Lipinski definition) is 5. The van der Waals surface area contributed by atoms with Crippen LogP contribution in [0, 0.1) is 6.92 Å². The summed E-state index contributed by atoms with van der Waals surface area (Å²) < 4.78 is 7.18. The zero-order valence-electron chi connectivity index (χ0n) is 14.0. The molecular weight excluding hydrogens is 318 g/mol. The summed E-state index contributed by atoms with van der Waals surface area (Å²) in [5, 5.41) is 0.954. The number of ether oxygens (including phenoxy) is 1. The molecule has 0 saturated carbocycles. The molecule has 4 rings (SSSR count).